The van der Waals surface area contributed by atoms with Crippen LogP contribution in [0.2, 0.25) is 0 Å². The number of halogens is 1. The Labute approximate surface area is 179 Å². The lowest BCUT2D eigenvalue weighted by Gasteiger charge is -2.22. The van der Waals surface area contributed by atoms with Crippen LogP contribution < -0.4 is 5.32 Å². The van der Waals surface area contributed by atoms with Gasteiger partial charge in [-0.1, -0.05) is 29.8 Å². The highest BCUT2D eigenvalue weighted by Gasteiger charge is 2.09. The maximum absolute atomic E-state index is 5.12. The average Bonchev–Trinajstić information content (AvgIpc) is 2.95. The van der Waals surface area contributed by atoms with Gasteiger partial charge in [-0.25, -0.2) is 4.99 Å². The van der Waals surface area contributed by atoms with Crippen LogP contribution in [0.1, 0.15) is 29.2 Å². The molecule has 0 aliphatic carbocycles. The average molecular weight is 486 g/mol. The molecule has 7 nitrogen and oxygen atoms in total. The van der Waals surface area contributed by atoms with Crippen molar-refractivity contribution in [1.82, 2.24) is 25.0 Å². The number of nitrogens with one attached hydrogen (secondary N) is 1. The van der Waals surface area contributed by atoms with Crippen LogP contribution in [0.3, 0.4) is 0 Å². The van der Waals surface area contributed by atoms with Crippen LogP contribution in [0.25, 0.3) is 0 Å². The van der Waals surface area contributed by atoms with Crippen molar-refractivity contribution in [1.29, 1.82) is 0 Å². The predicted octanol–water partition coefficient (Wildman–Crippen LogP) is 2.66. The minimum atomic E-state index is 0. The van der Waals surface area contributed by atoms with Crippen molar-refractivity contribution >= 4 is 29.9 Å². The third-order valence-corrected chi connectivity index (χ3v) is 4.26. The second-order valence-electron chi connectivity index (χ2n) is 6.48. The summed E-state index contributed by atoms with van der Waals surface area (Å²) in [4.78, 5) is 6.87. The van der Waals surface area contributed by atoms with Crippen molar-refractivity contribution in [2.24, 2.45) is 12.0 Å². The summed E-state index contributed by atoms with van der Waals surface area (Å²) in [7, 11) is 5.72. The third-order valence-electron chi connectivity index (χ3n) is 4.26. The molecule has 1 aromatic heterocycles. The molecule has 0 aliphatic rings. The quantitative estimate of drug-likeness (QED) is 0.269. The lowest BCUT2D eigenvalue weighted by molar-refractivity contribution is 0.195. The van der Waals surface area contributed by atoms with Gasteiger partial charge in [-0.05, 0) is 25.8 Å². The molecule has 1 N–H and O–H groups in total. The Bertz CT molecular complexity index is 713. The third kappa shape index (κ3) is 7.45. The highest BCUT2D eigenvalue weighted by molar-refractivity contribution is 14.0. The Kier molecular flexibility index (Phi) is 10.3. The minimum Gasteiger partial charge on any atom is -0.385 e. The summed E-state index contributed by atoms with van der Waals surface area (Å²) in [6.07, 6.45) is 0.928. The van der Waals surface area contributed by atoms with Gasteiger partial charge in [-0.15, -0.1) is 34.2 Å². The van der Waals surface area contributed by atoms with E-state index in [4.69, 9.17) is 9.73 Å². The normalized spacial score (nSPS) is 11.2. The summed E-state index contributed by atoms with van der Waals surface area (Å²) in [5, 5.41) is 11.7. The van der Waals surface area contributed by atoms with E-state index in [0.29, 0.717) is 6.54 Å². The number of nitrogens with zero attached hydrogens (tertiary/aromatic N) is 5. The van der Waals surface area contributed by atoms with Crippen LogP contribution >= 0.6 is 24.0 Å². The predicted molar refractivity (Wildman–Crippen MR) is 119 cm³/mol. The maximum Gasteiger partial charge on any atom is 0.194 e. The number of benzene rings is 1. The highest BCUT2D eigenvalue weighted by atomic mass is 127. The fraction of sp³-hybridized carbons (Fsp3) is 0.526. The lowest BCUT2D eigenvalue weighted by Crippen LogP contribution is -2.39. The number of aromatic nitrogens is 3. The molecule has 0 amide bonds. The highest BCUT2D eigenvalue weighted by Crippen LogP contribution is 2.07. The van der Waals surface area contributed by atoms with Crippen LogP contribution in [0, 0.1) is 13.8 Å². The Morgan fingerprint density at radius 2 is 1.93 bits per heavy atom. The van der Waals surface area contributed by atoms with Crippen LogP contribution in [-0.4, -0.2) is 52.9 Å². The van der Waals surface area contributed by atoms with Crippen molar-refractivity contribution in [2.75, 3.05) is 27.3 Å². The second kappa shape index (κ2) is 11.9. The molecule has 1 heterocycles. The lowest BCUT2D eigenvalue weighted by atomic mass is 10.1. The fourth-order valence-electron chi connectivity index (χ4n) is 2.50. The maximum atomic E-state index is 5.12. The number of guanidine groups is 1. The number of methoxy groups -OCH3 is 1. The summed E-state index contributed by atoms with van der Waals surface area (Å²) in [6, 6.07) is 8.57. The van der Waals surface area contributed by atoms with E-state index in [1.165, 1.54) is 11.1 Å². The van der Waals surface area contributed by atoms with E-state index in [1.54, 1.807) is 7.11 Å². The first kappa shape index (κ1) is 23.4. The molecule has 150 valence electrons. The molecule has 0 fully saturated rings. The van der Waals surface area contributed by atoms with Gasteiger partial charge in [0.1, 0.15) is 12.4 Å². The molecule has 0 bridgehead atoms. The van der Waals surface area contributed by atoms with Crippen LogP contribution in [0.15, 0.2) is 29.3 Å². The number of rotatable bonds is 8. The van der Waals surface area contributed by atoms with E-state index in [1.807, 2.05) is 25.6 Å². The van der Waals surface area contributed by atoms with Gasteiger partial charge < -0.3 is 19.5 Å². The number of aliphatic imine (C=N–C) groups is 1. The standard InChI is InChI=1S/C19H30N6O.HI/c1-15-7-9-17(10-8-15)14-24(3)19(20-11-6-12-26-5)21-13-18-23-22-16(2)25(18)4;/h7-10H,6,11-14H2,1-5H3,(H,20,21);1H. The molecule has 0 radical (unpaired) electrons. The van der Waals surface area contributed by atoms with Gasteiger partial charge in [-0.3, -0.25) is 0 Å². The Hall–Kier alpha value is -1.68. The summed E-state index contributed by atoms with van der Waals surface area (Å²) in [5.74, 6) is 2.59. The number of hydrogen-bond donors (Lipinski definition) is 1. The van der Waals surface area contributed by atoms with E-state index in [2.05, 4.69) is 51.6 Å². The first-order chi connectivity index (χ1) is 12.5. The molecule has 2 rings (SSSR count). The molecule has 1 aromatic carbocycles. The van der Waals surface area contributed by atoms with E-state index in [0.717, 1.165) is 43.7 Å². The van der Waals surface area contributed by atoms with Crippen molar-refractivity contribution in [3.8, 4) is 0 Å². The van der Waals surface area contributed by atoms with Crippen LogP contribution in [0.5, 0.6) is 0 Å². The molecule has 0 spiro atoms. The zero-order valence-corrected chi connectivity index (χ0v) is 19.2. The summed E-state index contributed by atoms with van der Waals surface area (Å²) >= 11 is 0. The molecule has 27 heavy (non-hydrogen) atoms. The minimum absolute atomic E-state index is 0. The Balaban J connectivity index is 0.00000364. The van der Waals surface area contributed by atoms with Crippen molar-refractivity contribution in [3.05, 3.63) is 47.0 Å². The van der Waals surface area contributed by atoms with Crippen molar-refractivity contribution in [3.63, 3.8) is 0 Å². The number of ether oxygens (including phenoxy) is 1. The molecule has 0 saturated carbocycles. The topological polar surface area (TPSA) is 67.6 Å². The molecular formula is C19H31IN6O. The Morgan fingerprint density at radius 3 is 2.52 bits per heavy atom. The number of aryl methyl sites for hydroxylation is 2. The molecule has 2 aromatic rings. The van der Waals surface area contributed by atoms with Crippen molar-refractivity contribution < 1.29 is 4.74 Å². The zero-order valence-electron chi connectivity index (χ0n) is 16.9. The summed E-state index contributed by atoms with van der Waals surface area (Å²) < 4.78 is 7.09. The van der Waals surface area contributed by atoms with E-state index >= 15 is 0 Å². The molecule has 0 atom stereocenters. The fourth-order valence-corrected chi connectivity index (χ4v) is 2.50. The molecule has 0 unspecified atom stereocenters. The smallest absolute Gasteiger partial charge is 0.194 e. The summed E-state index contributed by atoms with van der Waals surface area (Å²) in [6.45, 7) is 6.85. The van der Waals surface area contributed by atoms with Gasteiger partial charge in [-0.2, -0.15) is 0 Å². The van der Waals surface area contributed by atoms with E-state index < -0.39 is 0 Å². The molecule has 0 aliphatic heterocycles. The van der Waals surface area contributed by atoms with Crippen LogP contribution in [-0.2, 0) is 24.9 Å². The summed E-state index contributed by atoms with van der Waals surface area (Å²) in [5.41, 5.74) is 2.51. The second-order valence-corrected chi connectivity index (χ2v) is 6.48. The van der Waals surface area contributed by atoms with Crippen LogP contribution in [0.4, 0.5) is 0 Å². The molecule has 0 saturated heterocycles. The first-order valence-corrected chi connectivity index (χ1v) is 8.90. The van der Waals surface area contributed by atoms with E-state index in [9.17, 15) is 0 Å². The number of hydrogen-bond acceptors (Lipinski definition) is 4. The van der Waals surface area contributed by atoms with Gasteiger partial charge in [0.15, 0.2) is 11.8 Å². The first-order valence-electron chi connectivity index (χ1n) is 8.90. The largest absolute Gasteiger partial charge is 0.385 e. The van der Waals surface area contributed by atoms with Gasteiger partial charge in [0, 0.05) is 40.9 Å². The molecule has 8 heteroatoms. The monoisotopic (exact) mass is 486 g/mol. The SMILES string of the molecule is COCCCNC(=NCc1nnc(C)n1C)N(C)Cc1ccc(C)cc1.I. The van der Waals surface area contributed by atoms with Gasteiger partial charge in [0.25, 0.3) is 0 Å². The molecular weight excluding hydrogens is 455 g/mol. The van der Waals surface area contributed by atoms with E-state index in [-0.39, 0.29) is 24.0 Å². The van der Waals surface area contributed by atoms with Gasteiger partial charge >= 0.3 is 0 Å². The zero-order chi connectivity index (χ0) is 18.9. The Morgan fingerprint density at radius 1 is 1.22 bits per heavy atom. The van der Waals surface area contributed by atoms with Crippen molar-refractivity contribution in [2.45, 2.75) is 33.4 Å². The van der Waals surface area contributed by atoms with Gasteiger partial charge in [0.05, 0.1) is 0 Å². The van der Waals surface area contributed by atoms with Gasteiger partial charge in [0.2, 0.25) is 0 Å².